The number of rotatable bonds is 3. The van der Waals surface area contributed by atoms with Crippen LogP contribution in [0, 0.1) is 6.92 Å². The van der Waals surface area contributed by atoms with Crippen molar-refractivity contribution in [1.82, 2.24) is 4.98 Å². The molecule has 0 amide bonds. The number of hydrogen-bond donors (Lipinski definition) is 1. The molecule has 1 aromatic heterocycles. The van der Waals surface area contributed by atoms with E-state index in [1.54, 1.807) is 12.1 Å². The van der Waals surface area contributed by atoms with Crippen LogP contribution in [0.25, 0.3) is 0 Å². The van der Waals surface area contributed by atoms with Crippen LogP contribution in [0.3, 0.4) is 0 Å². The SMILES string of the molecule is Cc1ccc(Cl)c(Oc2cc(CN)c(Cl)cn2)c1. The van der Waals surface area contributed by atoms with E-state index in [0.29, 0.717) is 28.2 Å². The van der Waals surface area contributed by atoms with Gasteiger partial charge >= 0.3 is 0 Å². The van der Waals surface area contributed by atoms with Crippen LogP contribution in [0.2, 0.25) is 10.0 Å². The number of aryl methyl sites for hydroxylation is 1. The van der Waals surface area contributed by atoms with Gasteiger partial charge in [-0.25, -0.2) is 4.98 Å². The van der Waals surface area contributed by atoms with Gasteiger partial charge in [-0.15, -0.1) is 0 Å². The molecule has 0 saturated heterocycles. The molecule has 0 aliphatic carbocycles. The molecule has 1 heterocycles. The van der Waals surface area contributed by atoms with Crippen molar-refractivity contribution in [2.24, 2.45) is 5.73 Å². The van der Waals surface area contributed by atoms with Gasteiger partial charge in [-0.05, 0) is 30.2 Å². The molecule has 0 saturated carbocycles. The lowest BCUT2D eigenvalue weighted by atomic mass is 10.2. The third kappa shape index (κ3) is 2.93. The maximum absolute atomic E-state index is 6.05. The molecule has 0 unspecified atom stereocenters. The average molecular weight is 283 g/mol. The minimum Gasteiger partial charge on any atom is -0.437 e. The van der Waals surface area contributed by atoms with Gasteiger partial charge in [-0.2, -0.15) is 0 Å². The smallest absolute Gasteiger partial charge is 0.219 e. The molecule has 1 aromatic carbocycles. The Labute approximate surface area is 115 Å². The highest BCUT2D eigenvalue weighted by Gasteiger charge is 2.07. The van der Waals surface area contributed by atoms with Crippen LogP contribution in [-0.2, 0) is 6.54 Å². The van der Waals surface area contributed by atoms with Crippen LogP contribution in [0.1, 0.15) is 11.1 Å². The fourth-order valence-electron chi connectivity index (χ4n) is 1.47. The van der Waals surface area contributed by atoms with E-state index in [2.05, 4.69) is 4.98 Å². The molecule has 94 valence electrons. The van der Waals surface area contributed by atoms with E-state index in [0.717, 1.165) is 11.1 Å². The molecule has 0 aliphatic heterocycles. The average Bonchev–Trinajstić information content (AvgIpc) is 2.36. The largest absolute Gasteiger partial charge is 0.437 e. The van der Waals surface area contributed by atoms with Crippen molar-refractivity contribution in [3.8, 4) is 11.6 Å². The van der Waals surface area contributed by atoms with Crippen molar-refractivity contribution in [3.63, 3.8) is 0 Å². The second-order valence-corrected chi connectivity index (χ2v) is 4.67. The molecule has 0 radical (unpaired) electrons. The molecule has 0 aliphatic rings. The molecule has 0 atom stereocenters. The summed E-state index contributed by atoms with van der Waals surface area (Å²) in [5.74, 6) is 0.988. The Balaban J connectivity index is 2.31. The number of pyridine rings is 1. The molecule has 5 heteroatoms. The van der Waals surface area contributed by atoms with Gasteiger partial charge in [0.15, 0.2) is 0 Å². The van der Waals surface area contributed by atoms with Crippen molar-refractivity contribution in [2.75, 3.05) is 0 Å². The normalized spacial score (nSPS) is 10.4. The topological polar surface area (TPSA) is 48.1 Å². The van der Waals surface area contributed by atoms with E-state index in [1.807, 2.05) is 19.1 Å². The van der Waals surface area contributed by atoms with Gasteiger partial charge in [0.1, 0.15) is 5.75 Å². The Hall–Kier alpha value is -1.29. The first-order valence-corrected chi connectivity index (χ1v) is 6.14. The zero-order chi connectivity index (χ0) is 13.1. The van der Waals surface area contributed by atoms with Crippen LogP contribution in [0.4, 0.5) is 0 Å². The van der Waals surface area contributed by atoms with Crippen molar-refractivity contribution in [1.29, 1.82) is 0 Å². The maximum Gasteiger partial charge on any atom is 0.219 e. The zero-order valence-corrected chi connectivity index (χ0v) is 11.3. The van der Waals surface area contributed by atoms with E-state index in [1.165, 1.54) is 6.20 Å². The van der Waals surface area contributed by atoms with E-state index in [9.17, 15) is 0 Å². The van der Waals surface area contributed by atoms with Gasteiger partial charge in [0.2, 0.25) is 5.88 Å². The summed E-state index contributed by atoms with van der Waals surface area (Å²) in [4.78, 5) is 4.08. The molecule has 2 N–H and O–H groups in total. The van der Waals surface area contributed by atoms with Gasteiger partial charge in [-0.1, -0.05) is 29.3 Å². The second kappa shape index (κ2) is 5.57. The summed E-state index contributed by atoms with van der Waals surface area (Å²) in [6.45, 7) is 2.29. The minimum absolute atomic E-state index is 0.333. The van der Waals surface area contributed by atoms with Gasteiger partial charge < -0.3 is 10.5 Å². The van der Waals surface area contributed by atoms with Crippen LogP contribution in [0.15, 0.2) is 30.5 Å². The summed E-state index contributed by atoms with van der Waals surface area (Å²) in [7, 11) is 0. The fraction of sp³-hybridized carbons (Fsp3) is 0.154. The lowest BCUT2D eigenvalue weighted by molar-refractivity contribution is 0.462. The van der Waals surface area contributed by atoms with Crippen LogP contribution in [0.5, 0.6) is 11.6 Å². The Bertz CT molecular complexity index is 573. The second-order valence-electron chi connectivity index (χ2n) is 3.85. The molecular weight excluding hydrogens is 271 g/mol. The first kappa shape index (κ1) is 13.1. The van der Waals surface area contributed by atoms with E-state index < -0.39 is 0 Å². The Morgan fingerprint density at radius 3 is 2.72 bits per heavy atom. The molecule has 0 bridgehead atoms. The van der Waals surface area contributed by atoms with E-state index in [4.69, 9.17) is 33.7 Å². The maximum atomic E-state index is 6.05. The molecule has 18 heavy (non-hydrogen) atoms. The Kier molecular flexibility index (Phi) is 4.07. The van der Waals surface area contributed by atoms with Crippen molar-refractivity contribution in [3.05, 3.63) is 51.6 Å². The van der Waals surface area contributed by atoms with Crippen molar-refractivity contribution >= 4 is 23.2 Å². The number of nitrogens with zero attached hydrogens (tertiary/aromatic N) is 1. The third-order valence-corrected chi connectivity index (χ3v) is 3.08. The predicted molar refractivity (Wildman–Crippen MR) is 73.4 cm³/mol. The molecule has 0 fully saturated rings. The summed E-state index contributed by atoms with van der Waals surface area (Å²) in [6.07, 6.45) is 1.52. The van der Waals surface area contributed by atoms with Gasteiger partial charge in [0, 0.05) is 18.8 Å². The summed E-state index contributed by atoms with van der Waals surface area (Å²) in [6, 6.07) is 7.25. The standard InChI is InChI=1S/C13H12Cl2N2O/c1-8-2-3-10(14)12(4-8)18-13-5-9(6-16)11(15)7-17-13/h2-5,7H,6,16H2,1H3. The molecular formula is C13H12Cl2N2O. The zero-order valence-electron chi connectivity index (χ0n) is 9.78. The first-order valence-electron chi connectivity index (χ1n) is 5.38. The highest BCUT2D eigenvalue weighted by Crippen LogP contribution is 2.30. The van der Waals surface area contributed by atoms with Gasteiger partial charge in [0.25, 0.3) is 0 Å². The molecule has 2 aromatic rings. The number of nitrogens with two attached hydrogens (primary N) is 1. The molecule has 0 spiro atoms. The summed E-state index contributed by atoms with van der Waals surface area (Å²) in [5.41, 5.74) is 7.41. The number of hydrogen-bond acceptors (Lipinski definition) is 3. The van der Waals surface area contributed by atoms with Gasteiger partial charge in [-0.3, -0.25) is 0 Å². The number of ether oxygens (including phenoxy) is 1. The fourth-order valence-corrected chi connectivity index (χ4v) is 1.81. The Morgan fingerprint density at radius 1 is 1.22 bits per heavy atom. The number of benzene rings is 1. The third-order valence-electron chi connectivity index (χ3n) is 2.43. The highest BCUT2D eigenvalue weighted by atomic mass is 35.5. The van der Waals surface area contributed by atoms with Crippen LogP contribution >= 0.6 is 23.2 Å². The molecule has 2 rings (SSSR count). The summed E-state index contributed by atoms with van der Waals surface area (Å²) in [5, 5.41) is 1.06. The van der Waals surface area contributed by atoms with E-state index in [-0.39, 0.29) is 0 Å². The molecule has 3 nitrogen and oxygen atoms in total. The lowest BCUT2D eigenvalue weighted by Crippen LogP contribution is -1.99. The number of aromatic nitrogens is 1. The Morgan fingerprint density at radius 2 is 2.00 bits per heavy atom. The first-order chi connectivity index (χ1) is 8.60. The highest BCUT2D eigenvalue weighted by molar-refractivity contribution is 6.32. The van der Waals surface area contributed by atoms with Crippen molar-refractivity contribution in [2.45, 2.75) is 13.5 Å². The van der Waals surface area contributed by atoms with E-state index >= 15 is 0 Å². The minimum atomic E-state index is 0.333. The van der Waals surface area contributed by atoms with Gasteiger partial charge in [0.05, 0.1) is 10.0 Å². The lowest BCUT2D eigenvalue weighted by Gasteiger charge is -2.09. The monoisotopic (exact) mass is 282 g/mol. The summed E-state index contributed by atoms with van der Waals surface area (Å²) < 4.78 is 5.63. The number of halogens is 2. The predicted octanol–water partition coefficient (Wildman–Crippen LogP) is 3.95. The van der Waals surface area contributed by atoms with Crippen molar-refractivity contribution < 1.29 is 4.74 Å². The van der Waals surface area contributed by atoms with Crippen LogP contribution in [-0.4, -0.2) is 4.98 Å². The van der Waals surface area contributed by atoms with Crippen LogP contribution < -0.4 is 10.5 Å². The summed E-state index contributed by atoms with van der Waals surface area (Å²) >= 11 is 12.0. The quantitative estimate of drug-likeness (QED) is 0.927.